The summed E-state index contributed by atoms with van der Waals surface area (Å²) in [5, 5.41) is 2.80. The van der Waals surface area contributed by atoms with Crippen LogP contribution in [0.25, 0.3) is 0 Å². The molecule has 0 spiro atoms. The maximum Gasteiger partial charge on any atom is 0.242 e. The molecule has 1 aromatic carbocycles. The third kappa shape index (κ3) is 4.87. The molecule has 0 aliphatic heterocycles. The van der Waals surface area contributed by atoms with E-state index >= 15 is 0 Å². The predicted octanol–water partition coefficient (Wildman–Crippen LogP) is 2.27. The number of nitrogens with zero attached hydrogens (tertiary/aromatic N) is 2. The van der Waals surface area contributed by atoms with Crippen molar-refractivity contribution in [2.45, 2.75) is 33.0 Å². The van der Waals surface area contributed by atoms with Crippen LogP contribution in [-0.2, 0) is 22.7 Å². The lowest BCUT2D eigenvalue weighted by Crippen LogP contribution is -2.46. The van der Waals surface area contributed by atoms with E-state index in [9.17, 15) is 14.0 Å². The maximum absolute atomic E-state index is 13.0. The molecule has 0 radical (unpaired) electrons. The van der Waals surface area contributed by atoms with Crippen molar-refractivity contribution >= 4 is 11.8 Å². The third-order valence-electron chi connectivity index (χ3n) is 3.71. The summed E-state index contributed by atoms with van der Waals surface area (Å²) < 4.78 is 13.0. The summed E-state index contributed by atoms with van der Waals surface area (Å²) in [6, 6.07) is 8.89. The minimum atomic E-state index is -0.635. The number of hydrogen-bond donors (Lipinski definition) is 1. The van der Waals surface area contributed by atoms with E-state index in [0.29, 0.717) is 6.54 Å². The molecule has 0 fully saturated rings. The van der Waals surface area contributed by atoms with Crippen LogP contribution >= 0.6 is 0 Å². The van der Waals surface area contributed by atoms with Crippen LogP contribution in [-0.4, -0.2) is 27.7 Å². The minimum Gasteiger partial charge on any atom is -0.350 e. The van der Waals surface area contributed by atoms with Crippen molar-refractivity contribution in [3.63, 3.8) is 0 Å². The highest BCUT2D eigenvalue weighted by Crippen LogP contribution is 2.10. The van der Waals surface area contributed by atoms with Gasteiger partial charge in [-0.1, -0.05) is 18.2 Å². The van der Waals surface area contributed by atoms with E-state index < -0.39 is 6.04 Å². The Morgan fingerprint density at radius 1 is 1.21 bits per heavy atom. The largest absolute Gasteiger partial charge is 0.350 e. The van der Waals surface area contributed by atoms with Gasteiger partial charge in [0.15, 0.2) is 0 Å². The van der Waals surface area contributed by atoms with Crippen molar-refractivity contribution in [2.24, 2.45) is 0 Å². The Kier molecular flexibility index (Phi) is 6.01. The number of carbonyl (C=O) groups is 2. The second-order valence-corrected chi connectivity index (χ2v) is 5.53. The fraction of sp³-hybridized carbons (Fsp3) is 0.278. The molecule has 5 nitrogen and oxygen atoms in total. The molecule has 1 unspecified atom stereocenters. The number of benzene rings is 1. The fourth-order valence-electron chi connectivity index (χ4n) is 2.29. The summed E-state index contributed by atoms with van der Waals surface area (Å²) in [7, 11) is 0. The standard InChI is InChI=1S/C18H20FN3O2/c1-13(18(24)21-11-16-4-3-9-20-10-16)22(14(2)23)12-15-5-7-17(19)8-6-15/h3-10,13H,11-12H2,1-2H3,(H,21,24). The van der Waals surface area contributed by atoms with E-state index in [-0.39, 0.29) is 24.2 Å². The normalized spacial score (nSPS) is 11.6. The van der Waals surface area contributed by atoms with Crippen molar-refractivity contribution in [1.29, 1.82) is 0 Å². The molecule has 0 aliphatic rings. The van der Waals surface area contributed by atoms with Crippen molar-refractivity contribution in [3.8, 4) is 0 Å². The molecule has 0 bridgehead atoms. The maximum atomic E-state index is 13.0. The first-order valence-corrected chi connectivity index (χ1v) is 7.65. The number of nitrogens with one attached hydrogen (secondary N) is 1. The lowest BCUT2D eigenvalue weighted by Gasteiger charge is -2.27. The van der Waals surface area contributed by atoms with Gasteiger partial charge in [0.05, 0.1) is 0 Å². The van der Waals surface area contributed by atoms with Gasteiger partial charge in [0.1, 0.15) is 11.9 Å². The topological polar surface area (TPSA) is 62.3 Å². The average Bonchev–Trinajstić information content (AvgIpc) is 2.59. The Labute approximate surface area is 140 Å². The molecule has 6 heteroatoms. The van der Waals surface area contributed by atoms with Gasteiger partial charge < -0.3 is 10.2 Å². The van der Waals surface area contributed by atoms with Crippen LogP contribution in [0, 0.1) is 5.82 Å². The SMILES string of the molecule is CC(=O)N(Cc1ccc(F)cc1)C(C)C(=O)NCc1cccnc1. The number of hydrogen-bond acceptors (Lipinski definition) is 3. The molecule has 0 aliphatic carbocycles. The Balaban J connectivity index is 1.99. The van der Waals surface area contributed by atoms with E-state index in [0.717, 1.165) is 11.1 Å². The molecule has 2 amide bonds. The zero-order valence-corrected chi connectivity index (χ0v) is 13.7. The minimum absolute atomic E-state index is 0.219. The third-order valence-corrected chi connectivity index (χ3v) is 3.71. The number of amides is 2. The van der Waals surface area contributed by atoms with Crippen LogP contribution in [0.3, 0.4) is 0 Å². The van der Waals surface area contributed by atoms with E-state index in [1.807, 2.05) is 6.07 Å². The van der Waals surface area contributed by atoms with Crippen molar-refractivity contribution in [1.82, 2.24) is 15.2 Å². The number of aromatic nitrogens is 1. The van der Waals surface area contributed by atoms with Gasteiger partial charge in [-0.05, 0) is 36.2 Å². The fourth-order valence-corrected chi connectivity index (χ4v) is 2.29. The Bertz CT molecular complexity index is 689. The van der Waals surface area contributed by atoms with Crippen LogP contribution in [0.1, 0.15) is 25.0 Å². The molecule has 126 valence electrons. The Hall–Kier alpha value is -2.76. The van der Waals surface area contributed by atoms with Gasteiger partial charge in [-0.15, -0.1) is 0 Å². The smallest absolute Gasteiger partial charge is 0.242 e. The number of rotatable bonds is 6. The molecule has 24 heavy (non-hydrogen) atoms. The van der Waals surface area contributed by atoms with Gasteiger partial charge >= 0.3 is 0 Å². The molecule has 1 N–H and O–H groups in total. The molecule has 1 atom stereocenters. The quantitative estimate of drug-likeness (QED) is 0.884. The van der Waals surface area contributed by atoms with E-state index in [1.165, 1.54) is 24.0 Å². The summed E-state index contributed by atoms with van der Waals surface area (Å²) in [4.78, 5) is 29.7. The summed E-state index contributed by atoms with van der Waals surface area (Å²) >= 11 is 0. The predicted molar refractivity (Wildman–Crippen MR) is 88.2 cm³/mol. The van der Waals surface area contributed by atoms with Crippen LogP contribution in [0.2, 0.25) is 0 Å². The molecular weight excluding hydrogens is 309 g/mol. The van der Waals surface area contributed by atoms with Gasteiger partial charge in [0.25, 0.3) is 0 Å². The summed E-state index contributed by atoms with van der Waals surface area (Å²) in [5.41, 5.74) is 1.64. The highest BCUT2D eigenvalue weighted by molar-refractivity contribution is 5.86. The molecule has 0 saturated heterocycles. The summed E-state index contributed by atoms with van der Waals surface area (Å²) in [5.74, 6) is -0.810. The molecule has 1 heterocycles. The highest BCUT2D eigenvalue weighted by atomic mass is 19.1. The molecule has 2 rings (SSSR count). The summed E-state index contributed by atoms with van der Waals surface area (Å²) in [6.07, 6.45) is 3.33. The van der Waals surface area contributed by atoms with Gasteiger partial charge in [0, 0.05) is 32.4 Å². The van der Waals surface area contributed by atoms with Crippen LogP contribution < -0.4 is 5.32 Å². The number of halogens is 1. The van der Waals surface area contributed by atoms with E-state index in [4.69, 9.17) is 0 Å². The van der Waals surface area contributed by atoms with Gasteiger partial charge in [0.2, 0.25) is 11.8 Å². The van der Waals surface area contributed by atoms with E-state index in [2.05, 4.69) is 10.3 Å². The van der Waals surface area contributed by atoms with Gasteiger partial charge in [-0.3, -0.25) is 14.6 Å². The number of carbonyl (C=O) groups excluding carboxylic acids is 2. The lowest BCUT2D eigenvalue weighted by molar-refractivity contribution is -0.139. The number of pyridine rings is 1. The van der Waals surface area contributed by atoms with Crippen LogP contribution in [0.5, 0.6) is 0 Å². The average molecular weight is 329 g/mol. The summed E-state index contributed by atoms with van der Waals surface area (Å²) in [6.45, 7) is 3.67. The lowest BCUT2D eigenvalue weighted by atomic mass is 10.1. The van der Waals surface area contributed by atoms with Gasteiger partial charge in [-0.25, -0.2) is 4.39 Å². The highest BCUT2D eigenvalue weighted by Gasteiger charge is 2.23. The molecule has 2 aromatic rings. The van der Waals surface area contributed by atoms with Crippen molar-refractivity contribution in [3.05, 3.63) is 65.7 Å². The molecule has 1 aromatic heterocycles. The zero-order valence-electron chi connectivity index (χ0n) is 13.7. The molecular formula is C18H20FN3O2. The second-order valence-electron chi connectivity index (χ2n) is 5.53. The Morgan fingerprint density at radius 2 is 1.92 bits per heavy atom. The first-order valence-electron chi connectivity index (χ1n) is 7.65. The first-order chi connectivity index (χ1) is 11.5. The van der Waals surface area contributed by atoms with Crippen molar-refractivity contribution < 1.29 is 14.0 Å². The van der Waals surface area contributed by atoms with Crippen molar-refractivity contribution in [2.75, 3.05) is 0 Å². The first kappa shape index (κ1) is 17.6. The van der Waals surface area contributed by atoms with Crippen LogP contribution in [0.4, 0.5) is 4.39 Å². The van der Waals surface area contributed by atoms with Crippen LogP contribution in [0.15, 0.2) is 48.8 Å². The van der Waals surface area contributed by atoms with E-state index in [1.54, 1.807) is 37.5 Å². The van der Waals surface area contributed by atoms with Gasteiger partial charge in [-0.2, -0.15) is 0 Å². The Morgan fingerprint density at radius 3 is 2.50 bits per heavy atom. The molecule has 0 saturated carbocycles. The zero-order chi connectivity index (χ0) is 17.5. The second kappa shape index (κ2) is 8.19. The monoisotopic (exact) mass is 329 g/mol.